The van der Waals surface area contributed by atoms with Gasteiger partial charge in [-0.05, 0) is 54.2 Å². The highest BCUT2D eigenvalue weighted by Gasteiger charge is 2.32. The van der Waals surface area contributed by atoms with Crippen molar-refractivity contribution in [3.05, 3.63) is 90.8 Å². The van der Waals surface area contributed by atoms with Crippen LogP contribution < -0.4 is 15.2 Å². The van der Waals surface area contributed by atoms with Gasteiger partial charge in [-0.15, -0.1) is 13.2 Å². The van der Waals surface area contributed by atoms with Crippen LogP contribution in [-0.2, 0) is 25.8 Å². The minimum atomic E-state index is -4.80. The first-order valence-electron chi connectivity index (χ1n) is 10.6. The maximum Gasteiger partial charge on any atom is 0.573 e. The molecule has 0 amide bonds. The summed E-state index contributed by atoms with van der Waals surface area (Å²) in [5.41, 5.74) is 2.76. The van der Waals surface area contributed by atoms with E-state index in [2.05, 4.69) is 9.72 Å². The topological polar surface area (TPSA) is 82.6 Å². The Morgan fingerprint density at radius 3 is 2.46 bits per heavy atom. The zero-order valence-corrected chi connectivity index (χ0v) is 19.6. The molecule has 4 rings (SSSR count). The number of anilines is 1. The number of carboxylic acids is 1. The molecule has 1 aliphatic heterocycles. The number of aromatic carboxylic acids is 1. The van der Waals surface area contributed by atoms with E-state index < -0.39 is 17.9 Å². The molecule has 2 N–H and O–H groups in total. The molecule has 0 saturated heterocycles. The Kier molecular flexibility index (Phi) is 7.00. The molecule has 0 fully saturated rings. The van der Waals surface area contributed by atoms with Crippen molar-refractivity contribution in [2.45, 2.75) is 32.2 Å². The number of H-pyrrole nitrogens is 1. The first-order chi connectivity index (χ1) is 16.5. The zero-order valence-electron chi connectivity index (χ0n) is 18.1. The average Bonchev–Trinajstić information content (AvgIpc) is 3.18. The van der Waals surface area contributed by atoms with Gasteiger partial charge in [0.25, 0.3) is 5.56 Å². The molecule has 2 heterocycles. The van der Waals surface area contributed by atoms with Crippen molar-refractivity contribution < 1.29 is 27.8 Å². The van der Waals surface area contributed by atoms with Crippen LogP contribution in [0, 0.1) is 0 Å². The average molecular weight is 527 g/mol. The third kappa shape index (κ3) is 5.74. The van der Waals surface area contributed by atoms with Crippen molar-refractivity contribution >= 4 is 34.9 Å². The van der Waals surface area contributed by atoms with E-state index in [1.54, 1.807) is 18.2 Å². The Labute approximate surface area is 207 Å². The lowest BCUT2D eigenvalue weighted by molar-refractivity contribution is -0.274. The summed E-state index contributed by atoms with van der Waals surface area (Å²) in [6, 6.07) is 10.5. The minimum Gasteiger partial charge on any atom is -0.478 e. The van der Waals surface area contributed by atoms with Crippen LogP contribution in [0.5, 0.6) is 5.75 Å². The smallest absolute Gasteiger partial charge is 0.478 e. The van der Waals surface area contributed by atoms with Gasteiger partial charge < -0.3 is 19.7 Å². The number of fused-ring (bicyclic) bond motifs is 1. The number of carboxylic acid groups (broad SMARTS) is 1. The molecule has 3 aromatic rings. The van der Waals surface area contributed by atoms with Gasteiger partial charge in [0.2, 0.25) is 0 Å². The fraction of sp³-hybridized carbons (Fsp3) is 0.250. The first-order valence-corrected chi connectivity index (χ1v) is 11.3. The van der Waals surface area contributed by atoms with Crippen molar-refractivity contribution in [1.29, 1.82) is 0 Å². The number of rotatable bonds is 7. The SMILES string of the molecule is O=C(O)c1ccc(CCc2c(Cl)c(CN3CCc4ccc(OC(F)(F)F)cc43)[nH]c(=O)c2Cl)cc1. The highest BCUT2D eigenvalue weighted by atomic mass is 35.5. The van der Waals surface area contributed by atoms with Gasteiger partial charge in [0, 0.05) is 18.3 Å². The normalized spacial score (nSPS) is 13.1. The summed E-state index contributed by atoms with van der Waals surface area (Å²) in [7, 11) is 0. The van der Waals surface area contributed by atoms with Crippen molar-refractivity contribution in [2.24, 2.45) is 0 Å². The molecule has 0 unspecified atom stereocenters. The van der Waals surface area contributed by atoms with Crippen molar-refractivity contribution in [3.8, 4) is 5.75 Å². The number of aromatic nitrogens is 1. The van der Waals surface area contributed by atoms with Crippen LogP contribution in [0.15, 0.2) is 47.3 Å². The van der Waals surface area contributed by atoms with Crippen molar-refractivity contribution in [2.75, 3.05) is 11.4 Å². The fourth-order valence-corrected chi connectivity index (χ4v) is 4.63. The molecule has 35 heavy (non-hydrogen) atoms. The van der Waals surface area contributed by atoms with Crippen LogP contribution in [0.3, 0.4) is 0 Å². The monoisotopic (exact) mass is 526 g/mol. The number of benzene rings is 2. The molecule has 1 aliphatic rings. The van der Waals surface area contributed by atoms with Gasteiger partial charge in [0.05, 0.1) is 22.8 Å². The number of halogens is 5. The van der Waals surface area contributed by atoms with Gasteiger partial charge >= 0.3 is 12.3 Å². The number of nitrogens with zero attached hydrogens (tertiary/aromatic N) is 1. The highest BCUT2D eigenvalue weighted by Crippen LogP contribution is 2.36. The second-order valence-electron chi connectivity index (χ2n) is 8.05. The standard InChI is InChI=1S/C24H19Cl2F3N2O4/c25-20-17(8-3-13-1-4-15(5-2-13)23(33)34)21(26)22(32)30-18(20)12-31-10-9-14-6-7-16(11-19(14)31)35-24(27,28)29/h1-2,4-7,11H,3,8-10,12H2,(H,30,32)(H,33,34). The van der Waals surface area contributed by atoms with E-state index in [4.69, 9.17) is 28.3 Å². The summed E-state index contributed by atoms with van der Waals surface area (Å²) in [5, 5.41) is 9.26. The third-order valence-electron chi connectivity index (χ3n) is 5.75. The van der Waals surface area contributed by atoms with Gasteiger partial charge in [-0.1, -0.05) is 41.4 Å². The second-order valence-corrected chi connectivity index (χ2v) is 8.81. The number of pyridine rings is 1. The number of ether oxygens (including phenoxy) is 1. The second kappa shape index (κ2) is 9.83. The molecular formula is C24H19Cl2F3N2O4. The Morgan fingerprint density at radius 1 is 1.09 bits per heavy atom. The molecule has 2 aromatic carbocycles. The van der Waals surface area contributed by atoms with Crippen molar-refractivity contribution in [3.63, 3.8) is 0 Å². The van der Waals surface area contributed by atoms with Gasteiger partial charge in [-0.2, -0.15) is 0 Å². The molecule has 0 bridgehead atoms. The van der Waals surface area contributed by atoms with Gasteiger partial charge in [0.15, 0.2) is 0 Å². The summed E-state index contributed by atoms with van der Waals surface area (Å²) in [6.45, 7) is 0.686. The molecular weight excluding hydrogens is 508 g/mol. The lowest BCUT2D eigenvalue weighted by Crippen LogP contribution is -2.24. The Morgan fingerprint density at radius 2 is 1.80 bits per heavy atom. The molecule has 184 valence electrons. The summed E-state index contributed by atoms with van der Waals surface area (Å²) < 4.78 is 41.9. The van der Waals surface area contributed by atoms with E-state index in [0.29, 0.717) is 42.8 Å². The molecule has 0 atom stereocenters. The summed E-state index contributed by atoms with van der Waals surface area (Å²) >= 11 is 12.9. The minimum absolute atomic E-state index is 0.0383. The molecule has 6 nitrogen and oxygen atoms in total. The van der Waals surface area contributed by atoms with E-state index >= 15 is 0 Å². The lowest BCUT2D eigenvalue weighted by atomic mass is 10.0. The number of hydrogen-bond donors (Lipinski definition) is 2. The summed E-state index contributed by atoms with van der Waals surface area (Å²) in [6.07, 6.45) is -3.38. The zero-order chi connectivity index (χ0) is 25.3. The molecule has 0 spiro atoms. The Hall–Kier alpha value is -3.17. The predicted octanol–water partition coefficient (Wildman–Crippen LogP) is 5.63. The number of aromatic amines is 1. The van der Waals surface area contributed by atoms with E-state index in [1.807, 2.05) is 4.90 Å². The number of hydrogen-bond acceptors (Lipinski definition) is 4. The number of aryl methyl sites for hydroxylation is 1. The van der Waals surface area contributed by atoms with Crippen LogP contribution in [0.2, 0.25) is 10.0 Å². The van der Waals surface area contributed by atoms with Crippen LogP contribution in [-0.4, -0.2) is 29.0 Å². The van der Waals surface area contributed by atoms with E-state index in [0.717, 1.165) is 11.1 Å². The molecule has 0 saturated carbocycles. The fourth-order valence-electron chi connectivity index (χ4n) is 4.05. The van der Waals surface area contributed by atoms with Crippen LogP contribution >= 0.6 is 23.2 Å². The number of alkyl halides is 3. The molecule has 11 heteroatoms. The van der Waals surface area contributed by atoms with Gasteiger partial charge in [0.1, 0.15) is 10.8 Å². The van der Waals surface area contributed by atoms with E-state index in [9.17, 15) is 22.8 Å². The van der Waals surface area contributed by atoms with Crippen molar-refractivity contribution in [1.82, 2.24) is 4.98 Å². The predicted molar refractivity (Wildman–Crippen MR) is 126 cm³/mol. The lowest BCUT2D eigenvalue weighted by Gasteiger charge is -2.22. The van der Waals surface area contributed by atoms with E-state index in [1.165, 1.54) is 24.3 Å². The van der Waals surface area contributed by atoms with E-state index in [-0.39, 0.29) is 27.9 Å². The maximum absolute atomic E-state index is 12.6. The van der Waals surface area contributed by atoms with Crippen LogP contribution in [0.1, 0.15) is 32.7 Å². The number of carbonyl (C=O) groups is 1. The highest BCUT2D eigenvalue weighted by molar-refractivity contribution is 6.36. The molecule has 0 radical (unpaired) electrons. The maximum atomic E-state index is 12.6. The van der Waals surface area contributed by atoms with Gasteiger partial charge in [-0.3, -0.25) is 4.79 Å². The van der Waals surface area contributed by atoms with Gasteiger partial charge in [-0.25, -0.2) is 4.79 Å². The largest absolute Gasteiger partial charge is 0.573 e. The first kappa shape index (κ1) is 24.9. The van der Waals surface area contributed by atoms with Crippen LogP contribution in [0.4, 0.5) is 18.9 Å². The third-order valence-corrected chi connectivity index (χ3v) is 6.61. The van der Waals surface area contributed by atoms with Crippen LogP contribution in [0.25, 0.3) is 0 Å². The molecule has 0 aliphatic carbocycles. The Bertz CT molecular complexity index is 1320. The number of nitrogens with one attached hydrogen (secondary N) is 1. The summed E-state index contributed by atoms with van der Waals surface area (Å²) in [5.74, 6) is -1.35. The Balaban J connectivity index is 1.56. The quantitative estimate of drug-likeness (QED) is 0.417. The molecule has 1 aromatic heterocycles. The summed E-state index contributed by atoms with van der Waals surface area (Å²) in [4.78, 5) is 28.0.